The Morgan fingerprint density at radius 2 is 2.03 bits per heavy atom. The summed E-state index contributed by atoms with van der Waals surface area (Å²) in [5.41, 5.74) is 5.85. The molecule has 2 N–H and O–H groups in total. The average Bonchev–Trinajstić information content (AvgIpc) is 3.26. The predicted octanol–water partition coefficient (Wildman–Crippen LogP) is 1.84. The van der Waals surface area contributed by atoms with E-state index in [4.69, 9.17) is 19.9 Å². The number of primary amides is 1. The number of rotatable bonds is 13. The van der Waals surface area contributed by atoms with Gasteiger partial charge in [-0.1, -0.05) is 13.0 Å². The van der Waals surface area contributed by atoms with Crippen molar-refractivity contribution in [3.05, 3.63) is 29.8 Å². The quantitative estimate of drug-likeness (QED) is 0.352. The normalized spacial score (nSPS) is 16.0. The molecule has 0 aromatic heterocycles. The minimum absolute atomic E-state index is 0.159. The third-order valence-electron chi connectivity index (χ3n) is 5.52. The first-order valence-electron chi connectivity index (χ1n) is 11.3. The summed E-state index contributed by atoms with van der Waals surface area (Å²) in [6.45, 7) is 6.78. The fourth-order valence-electron chi connectivity index (χ4n) is 3.85. The number of ether oxygens (including phenoxy) is 3. The zero-order valence-corrected chi connectivity index (χ0v) is 19.7. The minimum Gasteiger partial charge on any atom is -0.493 e. The Balaban J connectivity index is 2.10. The Morgan fingerprint density at radius 1 is 1.24 bits per heavy atom. The Kier molecular flexibility index (Phi) is 10.7. The van der Waals surface area contributed by atoms with Crippen LogP contribution in [0.4, 0.5) is 0 Å². The molecular weight excluding hydrogens is 426 g/mol. The van der Waals surface area contributed by atoms with E-state index in [0.29, 0.717) is 31.2 Å². The lowest BCUT2D eigenvalue weighted by atomic mass is 10.1. The zero-order valence-electron chi connectivity index (χ0n) is 19.7. The Morgan fingerprint density at radius 3 is 2.70 bits per heavy atom. The van der Waals surface area contributed by atoms with Gasteiger partial charge in [-0.05, 0) is 56.6 Å². The largest absolute Gasteiger partial charge is 0.493 e. The number of carbonyl (C=O) groups is 3. The smallest absolute Gasteiger partial charge is 0.307 e. The van der Waals surface area contributed by atoms with Crippen LogP contribution in [0.15, 0.2) is 24.3 Å². The summed E-state index contributed by atoms with van der Waals surface area (Å²) in [5, 5.41) is 0. The molecule has 9 nitrogen and oxygen atoms in total. The lowest BCUT2D eigenvalue weighted by Gasteiger charge is -2.29. The second-order valence-corrected chi connectivity index (χ2v) is 7.76. The van der Waals surface area contributed by atoms with Gasteiger partial charge in [0, 0.05) is 25.2 Å². The van der Waals surface area contributed by atoms with Gasteiger partial charge in [0.05, 0.1) is 20.1 Å². The van der Waals surface area contributed by atoms with Gasteiger partial charge in [-0.15, -0.1) is 0 Å². The van der Waals surface area contributed by atoms with Crippen LogP contribution in [-0.4, -0.2) is 80.1 Å². The van der Waals surface area contributed by atoms with Crippen LogP contribution in [0.1, 0.15) is 38.7 Å². The molecule has 1 heterocycles. The number of hydrogen-bond acceptors (Lipinski definition) is 7. The number of methoxy groups -OCH3 is 1. The van der Waals surface area contributed by atoms with Gasteiger partial charge in [0.2, 0.25) is 5.91 Å². The molecule has 1 aromatic rings. The average molecular weight is 462 g/mol. The van der Waals surface area contributed by atoms with E-state index in [2.05, 4.69) is 11.8 Å². The molecule has 1 fully saturated rings. The van der Waals surface area contributed by atoms with Crippen molar-refractivity contribution in [1.29, 1.82) is 0 Å². The second kappa shape index (κ2) is 13.5. The van der Waals surface area contributed by atoms with Gasteiger partial charge in [-0.2, -0.15) is 0 Å². The van der Waals surface area contributed by atoms with Crippen molar-refractivity contribution in [3.63, 3.8) is 0 Å². The van der Waals surface area contributed by atoms with E-state index in [9.17, 15) is 14.4 Å². The van der Waals surface area contributed by atoms with E-state index in [1.165, 1.54) is 13.2 Å². The first-order chi connectivity index (χ1) is 15.9. The second-order valence-electron chi connectivity index (χ2n) is 7.76. The first-order valence-corrected chi connectivity index (χ1v) is 11.3. The third-order valence-corrected chi connectivity index (χ3v) is 5.52. The molecule has 0 bridgehead atoms. The number of benzene rings is 1. The molecule has 1 aliphatic rings. The van der Waals surface area contributed by atoms with E-state index in [0.717, 1.165) is 31.5 Å². The highest BCUT2D eigenvalue weighted by molar-refractivity contribution is 5.92. The van der Waals surface area contributed by atoms with Crippen LogP contribution in [0, 0.1) is 0 Å². The lowest BCUT2D eigenvalue weighted by molar-refractivity contribution is -0.143. The minimum atomic E-state index is -0.585. The van der Waals surface area contributed by atoms with Crippen molar-refractivity contribution in [3.8, 4) is 11.5 Å². The summed E-state index contributed by atoms with van der Waals surface area (Å²) in [4.78, 5) is 39.9. The van der Waals surface area contributed by atoms with Gasteiger partial charge in [-0.25, -0.2) is 0 Å². The molecule has 1 unspecified atom stereocenters. The molecule has 0 spiro atoms. The molecule has 9 heteroatoms. The topological polar surface area (TPSA) is 111 Å². The predicted molar refractivity (Wildman–Crippen MR) is 125 cm³/mol. The van der Waals surface area contributed by atoms with Crippen LogP contribution in [0.5, 0.6) is 11.5 Å². The number of likely N-dealkylation sites (N-methyl/N-ethyl adjacent to an activating group) is 1. The first kappa shape index (κ1) is 26.2. The lowest BCUT2D eigenvalue weighted by Crippen LogP contribution is -2.43. The number of hydrogen-bond donors (Lipinski definition) is 1. The highest BCUT2D eigenvalue weighted by Gasteiger charge is 2.26. The summed E-state index contributed by atoms with van der Waals surface area (Å²) in [7, 11) is 1.49. The van der Waals surface area contributed by atoms with Crippen molar-refractivity contribution < 1.29 is 28.6 Å². The molecule has 1 aliphatic heterocycles. The SMILES string of the molecule is CCOC(=O)CCN(CC1CCCN1CC)C(=O)/C=C/c1ccc(OCC(N)=O)c(OC)c1. The van der Waals surface area contributed by atoms with Crippen molar-refractivity contribution >= 4 is 23.9 Å². The van der Waals surface area contributed by atoms with Gasteiger partial charge >= 0.3 is 5.97 Å². The summed E-state index contributed by atoms with van der Waals surface area (Å²) in [6.07, 6.45) is 5.48. The van der Waals surface area contributed by atoms with Gasteiger partial charge in [0.1, 0.15) is 0 Å². The zero-order chi connectivity index (χ0) is 24.2. The maximum absolute atomic E-state index is 13.0. The summed E-state index contributed by atoms with van der Waals surface area (Å²) >= 11 is 0. The van der Waals surface area contributed by atoms with Crippen LogP contribution in [0.25, 0.3) is 6.08 Å². The van der Waals surface area contributed by atoms with Crippen molar-refractivity contribution in [2.45, 2.75) is 39.2 Å². The third kappa shape index (κ3) is 8.42. The molecular formula is C24H35N3O6. The maximum atomic E-state index is 13.0. The molecule has 33 heavy (non-hydrogen) atoms. The highest BCUT2D eigenvalue weighted by atomic mass is 16.5. The monoisotopic (exact) mass is 461 g/mol. The Bertz CT molecular complexity index is 841. The van der Waals surface area contributed by atoms with Crippen molar-refractivity contribution in [2.24, 2.45) is 5.73 Å². The van der Waals surface area contributed by atoms with Crippen LogP contribution >= 0.6 is 0 Å². The molecule has 2 amide bonds. The maximum Gasteiger partial charge on any atom is 0.307 e. The fraction of sp³-hybridized carbons (Fsp3) is 0.542. The number of nitrogens with zero attached hydrogens (tertiary/aromatic N) is 2. The van der Waals surface area contributed by atoms with E-state index in [1.54, 1.807) is 36.1 Å². The van der Waals surface area contributed by atoms with Crippen LogP contribution < -0.4 is 15.2 Å². The molecule has 0 saturated carbocycles. The summed E-state index contributed by atoms with van der Waals surface area (Å²) < 4.78 is 15.7. The molecule has 1 aromatic carbocycles. The molecule has 2 rings (SSSR count). The number of carbonyl (C=O) groups excluding carboxylic acids is 3. The van der Waals surface area contributed by atoms with Crippen molar-refractivity contribution in [1.82, 2.24) is 9.80 Å². The molecule has 0 radical (unpaired) electrons. The van der Waals surface area contributed by atoms with E-state index < -0.39 is 5.91 Å². The van der Waals surface area contributed by atoms with Crippen LogP contribution in [0.2, 0.25) is 0 Å². The van der Waals surface area contributed by atoms with E-state index >= 15 is 0 Å². The molecule has 0 aliphatic carbocycles. The number of likely N-dealkylation sites (tertiary alicyclic amines) is 1. The number of amides is 2. The fourth-order valence-corrected chi connectivity index (χ4v) is 3.85. The standard InChI is InChI=1S/C24H35N3O6/c1-4-26-13-6-7-19(26)16-27(14-12-24(30)32-5-2)23(29)11-9-18-8-10-20(21(15-18)31-3)33-17-22(25)28/h8-11,15,19H,4-7,12-14,16-17H2,1-3H3,(H2,25,28)/b11-9+. The molecule has 182 valence electrons. The molecule has 1 saturated heterocycles. The van der Waals surface area contributed by atoms with Gasteiger partial charge < -0.3 is 24.8 Å². The number of nitrogens with two attached hydrogens (primary N) is 1. The van der Waals surface area contributed by atoms with Crippen LogP contribution in [0.3, 0.4) is 0 Å². The van der Waals surface area contributed by atoms with Crippen molar-refractivity contribution in [2.75, 3.05) is 46.5 Å². The Labute approximate surface area is 195 Å². The highest BCUT2D eigenvalue weighted by Crippen LogP contribution is 2.28. The van der Waals surface area contributed by atoms with Crippen LogP contribution in [-0.2, 0) is 19.1 Å². The van der Waals surface area contributed by atoms with E-state index in [1.807, 2.05) is 0 Å². The summed E-state index contributed by atoms with van der Waals surface area (Å²) in [5.74, 6) is -0.255. The van der Waals surface area contributed by atoms with Gasteiger partial charge in [-0.3, -0.25) is 19.3 Å². The molecule has 1 atom stereocenters. The van der Waals surface area contributed by atoms with Gasteiger partial charge in [0.15, 0.2) is 18.1 Å². The summed E-state index contributed by atoms with van der Waals surface area (Å²) in [6, 6.07) is 5.40. The van der Waals surface area contributed by atoms with Gasteiger partial charge in [0.25, 0.3) is 5.91 Å². The van der Waals surface area contributed by atoms with E-state index in [-0.39, 0.29) is 30.9 Å². The number of esters is 1. The Hall–Kier alpha value is -3.07.